The van der Waals surface area contributed by atoms with Crippen molar-refractivity contribution >= 4 is 11.9 Å². The molecule has 0 radical (unpaired) electrons. The van der Waals surface area contributed by atoms with Crippen LogP contribution in [0, 0.1) is 0 Å². The molecule has 2 fully saturated rings. The second-order valence-electron chi connectivity index (χ2n) is 12.7. The summed E-state index contributed by atoms with van der Waals surface area (Å²) in [5, 5.41) is 21.4. The molecule has 1 saturated heterocycles. The maximum absolute atomic E-state index is 12.4. The number of nitrogens with zero attached hydrogens (tertiary/aromatic N) is 1. The topological polar surface area (TPSA) is 108 Å². The molecule has 3 aromatic carbocycles. The fourth-order valence-electron chi connectivity index (χ4n) is 6.72. The highest BCUT2D eigenvalue weighted by Gasteiger charge is 2.34. The largest absolute Gasteiger partial charge is 0.481 e. The second kappa shape index (κ2) is 17.4. The second-order valence-corrected chi connectivity index (χ2v) is 12.7. The predicted molar refractivity (Wildman–Crippen MR) is 182 cm³/mol. The minimum absolute atomic E-state index is 0.00844. The number of ether oxygens (including phenoxy) is 2. The number of nitrogens with one attached hydrogen (secondary N) is 1. The molecule has 250 valence electrons. The van der Waals surface area contributed by atoms with E-state index < -0.39 is 12.3 Å². The number of unbranched alkanes of at least 4 members (excludes halogenated alkanes) is 1. The third-order valence-corrected chi connectivity index (χ3v) is 9.29. The number of carbonyl (C=O) groups excluding carboxylic acids is 1. The predicted octanol–water partition coefficient (Wildman–Crippen LogP) is 7.08. The summed E-state index contributed by atoms with van der Waals surface area (Å²) in [5.74, 6) is -0.920. The first-order chi connectivity index (χ1) is 22.9. The summed E-state index contributed by atoms with van der Waals surface area (Å²) < 4.78 is 13.3. The molecule has 3 aromatic rings. The van der Waals surface area contributed by atoms with Gasteiger partial charge in [-0.05, 0) is 53.5 Å². The van der Waals surface area contributed by atoms with Gasteiger partial charge in [-0.3, -0.25) is 14.5 Å². The van der Waals surface area contributed by atoms with Gasteiger partial charge in [0.1, 0.15) is 0 Å². The average Bonchev–Trinajstić information content (AvgIpc) is 3.64. The van der Waals surface area contributed by atoms with Crippen LogP contribution < -0.4 is 5.32 Å². The molecule has 1 saturated carbocycles. The van der Waals surface area contributed by atoms with Crippen molar-refractivity contribution in [2.45, 2.75) is 95.5 Å². The molecule has 3 N–H and O–H groups in total. The van der Waals surface area contributed by atoms with Crippen molar-refractivity contribution in [1.82, 2.24) is 10.2 Å². The summed E-state index contributed by atoms with van der Waals surface area (Å²) in [4.78, 5) is 25.6. The van der Waals surface area contributed by atoms with E-state index in [1.54, 1.807) is 0 Å². The summed E-state index contributed by atoms with van der Waals surface area (Å²) >= 11 is 0. The number of rotatable bonds is 16. The highest BCUT2D eigenvalue weighted by atomic mass is 16.7. The fourth-order valence-corrected chi connectivity index (χ4v) is 6.72. The van der Waals surface area contributed by atoms with Gasteiger partial charge in [0.25, 0.3) is 0 Å². The number of carboxylic acid groups (broad SMARTS) is 1. The number of aliphatic hydroxyl groups is 1. The van der Waals surface area contributed by atoms with Crippen molar-refractivity contribution in [2.24, 2.45) is 0 Å². The molecule has 0 spiro atoms. The number of hydrogen-bond donors (Lipinski definition) is 3. The molecular formula is C39H48N2O6. The minimum atomic E-state index is -0.838. The lowest BCUT2D eigenvalue weighted by molar-refractivity contribution is -0.253. The standard InChI is InChI=1S/C39H48N2O6/c1-2-23-41(33-10-4-5-11-33)26-34-24-36(30-17-15-28(27-42)16-18-30)47-39(46-34)31-21-19-29(20-22-31)35-12-6-3-9-32(35)25-40-37(43)13-7-8-14-38(44)45/h2-3,6,9,12,15-22,33-34,36,39,42H,1,4-5,7-8,10-11,13-14,23-27H2,(H,40,43)(H,44,45). The highest BCUT2D eigenvalue weighted by molar-refractivity contribution is 5.76. The van der Waals surface area contributed by atoms with Gasteiger partial charge in [0.05, 0.1) is 18.8 Å². The van der Waals surface area contributed by atoms with Crippen LogP contribution in [0.3, 0.4) is 0 Å². The number of aliphatic hydroxyl groups excluding tert-OH is 1. The van der Waals surface area contributed by atoms with Crippen LogP contribution in [0.5, 0.6) is 0 Å². The Kier molecular flexibility index (Phi) is 12.8. The summed E-state index contributed by atoms with van der Waals surface area (Å²) in [5.41, 5.74) is 5.96. The zero-order valence-electron chi connectivity index (χ0n) is 27.2. The van der Waals surface area contributed by atoms with Gasteiger partial charge < -0.3 is 25.0 Å². The molecule has 8 heteroatoms. The molecule has 3 unspecified atom stereocenters. The Bertz CT molecular complexity index is 1450. The Morgan fingerprint density at radius 1 is 0.915 bits per heavy atom. The first-order valence-electron chi connectivity index (χ1n) is 17.0. The van der Waals surface area contributed by atoms with E-state index in [9.17, 15) is 14.7 Å². The number of carbonyl (C=O) groups is 2. The molecule has 1 heterocycles. The van der Waals surface area contributed by atoms with E-state index in [2.05, 4.69) is 47.1 Å². The fraction of sp³-hybridized carbons (Fsp3) is 0.436. The van der Waals surface area contributed by atoms with Crippen LogP contribution in [0.25, 0.3) is 11.1 Å². The van der Waals surface area contributed by atoms with Gasteiger partial charge in [-0.1, -0.05) is 91.7 Å². The van der Waals surface area contributed by atoms with Crippen LogP contribution in [0.4, 0.5) is 0 Å². The third kappa shape index (κ3) is 9.84. The number of benzene rings is 3. The number of amides is 1. The van der Waals surface area contributed by atoms with Crippen LogP contribution in [-0.4, -0.2) is 52.2 Å². The van der Waals surface area contributed by atoms with Crippen LogP contribution in [0.15, 0.2) is 85.5 Å². The van der Waals surface area contributed by atoms with Crippen molar-refractivity contribution in [2.75, 3.05) is 13.1 Å². The molecule has 5 rings (SSSR count). The zero-order chi connectivity index (χ0) is 33.0. The van der Waals surface area contributed by atoms with Gasteiger partial charge in [0.2, 0.25) is 5.91 Å². The molecule has 47 heavy (non-hydrogen) atoms. The number of carboxylic acids is 1. The van der Waals surface area contributed by atoms with Crippen molar-refractivity contribution in [3.63, 3.8) is 0 Å². The molecule has 2 aliphatic rings. The Labute approximate surface area is 278 Å². The van der Waals surface area contributed by atoms with Crippen LogP contribution in [0.2, 0.25) is 0 Å². The maximum Gasteiger partial charge on any atom is 0.303 e. The highest BCUT2D eigenvalue weighted by Crippen LogP contribution is 2.39. The van der Waals surface area contributed by atoms with E-state index in [0.29, 0.717) is 31.8 Å². The zero-order valence-corrected chi connectivity index (χ0v) is 27.2. The Balaban J connectivity index is 1.29. The monoisotopic (exact) mass is 640 g/mol. The molecule has 8 nitrogen and oxygen atoms in total. The van der Waals surface area contributed by atoms with E-state index in [1.807, 2.05) is 48.5 Å². The lowest BCUT2D eigenvalue weighted by Gasteiger charge is -2.39. The van der Waals surface area contributed by atoms with Gasteiger partial charge in [0, 0.05) is 50.5 Å². The minimum Gasteiger partial charge on any atom is -0.481 e. The quantitative estimate of drug-likeness (QED) is 0.113. The summed E-state index contributed by atoms with van der Waals surface area (Å²) in [6.07, 6.45) is 8.43. The third-order valence-electron chi connectivity index (χ3n) is 9.29. The summed E-state index contributed by atoms with van der Waals surface area (Å²) in [7, 11) is 0. The van der Waals surface area contributed by atoms with Gasteiger partial charge in [-0.2, -0.15) is 0 Å². The Morgan fingerprint density at radius 2 is 1.62 bits per heavy atom. The molecule has 1 aliphatic carbocycles. The van der Waals surface area contributed by atoms with Crippen LogP contribution >= 0.6 is 0 Å². The number of hydrogen-bond acceptors (Lipinski definition) is 6. The maximum atomic E-state index is 12.4. The lowest BCUT2D eigenvalue weighted by atomic mass is 9.97. The molecule has 0 aromatic heterocycles. The van der Waals surface area contributed by atoms with Crippen LogP contribution in [0.1, 0.15) is 92.4 Å². The molecule has 1 aliphatic heterocycles. The van der Waals surface area contributed by atoms with E-state index in [4.69, 9.17) is 14.6 Å². The molecule has 1 amide bonds. The summed E-state index contributed by atoms with van der Waals surface area (Å²) in [6.45, 7) is 6.08. The van der Waals surface area contributed by atoms with Gasteiger partial charge >= 0.3 is 5.97 Å². The van der Waals surface area contributed by atoms with Gasteiger partial charge in [-0.25, -0.2) is 0 Å². The van der Waals surface area contributed by atoms with Gasteiger partial charge in [-0.15, -0.1) is 6.58 Å². The van der Waals surface area contributed by atoms with Crippen molar-refractivity contribution in [3.05, 3.63) is 108 Å². The smallest absolute Gasteiger partial charge is 0.303 e. The summed E-state index contributed by atoms with van der Waals surface area (Å²) in [6, 6.07) is 24.8. The Morgan fingerprint density at radius 3 is 2.32 bits per heavy atom. The lowest BCUT2D eigenvalue weighted by Crippen LogP contribution is -2.43. The SMILES string of the molecule is C=CCN(CC1CC(c2ccc(CO)cc2)OC(c2ccc(-c3ccccc3CNC(=O)CCCCC(=O)O)cc2)O1)C1CCCC1. The van der Waals surface area contributed by atoms with E-state index in [-0.39, 0.29) is 31.1 Å². The van der Waals surface area contributed by atoms with E-state index >= 15 is 0 Å². The van der Waals surface area contributed by atoms with Crippen LogP contribution in [-0.2, 0) is 32.2 Å². The average molecular weight is 641 g/mol. The molecule has 0 bridgehead atoms. The first-order valence-corrected chi connectivity index (χ1v) is 17.0. The number of aliphatic carboxylic acids is 1. The molecule has 3 atom stereocenters. The van der Waals surface area contributed by atoms with Gasteiger partial charge in [0.15, 0.2) is 6.29 Å². The van der Waals surface area contributed by atoms with Crippen molar-refractivity contribution in [1.29, 1.82) is 0 Å². The normalized spacial score (nSPS) is 19.9. The van der Waals surface area contributed by atoms with E-state index in [0.717, 1.165) is 52.9 Å². The van der Waals surface area contributed by atoms with Crippen molar-refractivity contribution < 1.29 is 29.3 Å². The Hall–Kier alpha value is -3.82. The van der Waals surface area contributed by atoms with E-state index in [1.165, 1.54) is 25.7 Å². The van der Waals surface area contributed by atoms with Crippen molar-refractivity contribution in [3.8, 4) is 11.1 Å². The molecular weight excluding hydrogens is 592 g/mol. The first kappa shape index (κ1) is 34.5.